The van der Waals surface area contributed by atoms with Gasteiger partial charge in [0.15, 0.2) is 0 Å². The molecule has 2 aromatic heterocycles. The standard InChI is InChI=1S/C24H18N2O4/c27-23(28)22-20(13-26-12-6-5-11-21(22)26)25-24(29)30-14-19-17-9-3-1-7-15(17)16-8-2-4-10-18(16)19/h1-13,19H,14H2,(H,25,29)(H,27,28). The maximum atomic E-state index is 12.5. The predicted molar refractivity (Wildman–Crippen MR) is 113 cm³/mol. The van der Waals surface area contributed by atoms with Crippen molar-refractivity contribution in [3.63, 3.8) is 0 Å². The number of hydrogen-bond acceptors (Lipinski definition) is 3. The third-order valence-electron chi connectivity index (χ3n) is 5.48. The van der Waals surface area contributed by atoms with Gasteiger partial charge in [0.05, 0.1) is 11.2 Å². The van der Waals surface area contributed by atoms with Crippen molar-refractivity contribution in [3.8, 4) is 11.1 Å². The number of pyridine rings is 1. The van der Waals surface area contributed by atoms with Gasteiger partial charge in [-0.2, -0.15) is 0 Å². The van der Waals surface area contributed by atoms with E-state index in [0.29, 0.717) is 5.52 Å². The predicted octanol–water partition coefficient (Wildman–Crippen LogP) is 5.00. The monoisotopic (exact) mass is 398 g/mol. The Morgan fingerprint density at radius 1 is 0.933 bits per heavy atom. The topological polar surface area (TPSA) is 80.0 Å². The lowest BCUT2D eigenvalue weighted by Crippen LogP contribution is -2.18. The molecule has 0 atom stereocenters. The highest BCUT2D eigenvalue weighted by Crippen LogP contribution is 2.44. The van der Waals surface area contributed by atoms with Gasteiger partial charge in [-0.25, -0.2) is 9.59 Å². The van der Waals surface area contributed by atoms with Gasteiger partial charge in [-0.15, -0.1) is 0 Å². The summed E-state index contributed by atoms with van der Waals surface area (Å²) in [4.78, 5) is 24.2. The number of carboxylic acids is 1. The summed E-state index contributed by atoms with van der Waals surface area (Å²) in [5.41, 5.74) is 5.26. The molecule has 4 aromatic rings. The molecular weight excluding hydrogens is 380 g/mol. The maximum absolute atomic E-state index is 12.5. The van der Waals surface area contributed by atoms with E-state index >= 15 is 0 Å². The Balaban J connectivity index is 1.37. The van der Waals surface area contributed by atoms with Crippen LogP contribution in [0.5, 0.6) is 0 Å². The molecule has 0 bridgehead atoms. The number of carboxylic acid groups (broad SMARTS) is 1. The molecule has 148 valence electrons. The Morgan fingerprint density at radius 2 is 1.57 bits per heavy atom. The van der Waals surface area contributed by atoms with Crippen LogP contribution in [0.4, 0.5) is 10.5 Å². The smallest absolute Gasteiger partial charge is 0.411 e. The van der Waals surface area contributed by atoms with Crippen molar-refractivity contribution in [2.45, 2.75) is 5.92 Å². The van der Waals surface area contributed by atoms with E-state index in [4.69, 9.17) is 4.74 Å². The summed E-state index contributed by atoms with van der Waals surface area (Å²) >= 11 is 0. The van der Waals surface area contributed by atoms with Crippen LogP contribution >= 0.6 is 0 Å². The number of amides is 1. The third-order valence-corrected chi connectivity index (χ3v) is 5.48. The van der Waals surface area contributed by atoms with Gasteiger partial charge < -0.3 is 14.2 Å². The summed E-state index contributed by atoms with van der Waals surface area (Å²) in [5.74, 6) is -1.17. The molecule has 0 unspecified atom stereocenters. The molecule has 2 N–H and O–H groups in total. The van der Waals surface area contributed by atoms with Gasteiger partial charge in [-0.3, -0.25) is 5.32 Å². The molecule has 0 spiro atoms. The first kappa shape index (κ1) is 18.0. The molecule has 1 aliphatic rings. The highest BCUT2D eigenvalue weighted by atomic mass is 16.5. The zero-order valence-corrected chi connectivity index (χ0v) is 15.9. The number of nitrogens with zero attached hydrogens (tertiary/aromatic N) is 1. The molecule has 1 aliphatic carbocycles. The Hall–Kier alpha value is -4.06. The largest absolute Gasteiger partial charge is 0.478 e. The Morgan fingerprint density at radius 3 is 2.23 bits per heavy atom. The van der Waals surface area contributed by atoms with Gasteiger partial charge in [0.25, 0.3) is 0 Å². The normalized spacial score (nSPS) is 12.4. The number of ether oxygens (including phenoxy) is 1. The highest BCUT2D eigenvalue weighted by Gasteiger charge is 2.29. The van der Waals surface area contributed by atoms with E-state index in [1.54, 1.807) is 35.0 Å². The first-order valence-corrected chi connectivity index (χ1v) is 9.58. The third kappa shape index (κ3) is 2.90. The van der Waals surface area contributed by atoms with Crippen LogP contribution in [0.1, 0.15) is 27.4 Å². The Labute approximate surface area is 172 Å². The summed E-state index contributed by atoms with van der Waals surface area (Å²) in [6.07, 6.45) is 2.61. The van der Waals surface area contributed by atoms with Crippen molar-refractivity contribution in [2.75, 3.05) is 11.9 Å². The van der Waals surface area contributed by atoms with E-state index < -0.39 is 12.1 Å². The number of anilines is 1. The van der Waals surface area contributed by atoms with Gasteiger partial charge in [0.1, 0.15) is 12.2 Å². The van der Waals surface area contributed by atoms with Crippen LogP contribution in [0.2, 0.25) is 0 Å². The lowest BCUT2D eigenvalue weighted by molar-refractivity contribution is 0.0700. The quantitative estimate of drug-likeness (QED) is 0.507. The summed E-state index contributed by atoms with van der Waals surface area (Å²) < 4.78 is 7.18. The molecule has 6 heteroatoms. The summed E-state index contributed by atoms with van der Waals surface area (Å²) in [7, 11) is 0. The van der Waals surface area contributed by atoms with Gasteiger partial charge in [-0.1, -0.05) is 54.6 Å². The fourth-order valence-electron chi connectivity index (χ4n) is 4.19. The van der Waals surface area contributed by atoms with Crippen LogP contribution in [0.15, 0.2) is 79.1 Å². The van der Waals surface area contributed by atoms with Crippen molar-refractivity contribution in [2.24, 2.45) is 0 Å². The van der Waals surface area contributed by atoms with Crippen molar-refractivity contribution in [3.05, 3.63) is 95.8 Å². The number of benzene rings is 2. The zero-order valence-electron chi connectivity index (χ0n) is 15.9. The second kappa shape index (κ2) is 7.08. The molecule has 0 saturated heterocycles. The lowest BCUT2D eigenvalue weighted by Gasteiger charge is -2.14. The number of nitrogens with one attached hydrogen (secondary N) is 1. The number of rotatable bonds is 4. The molecule has 30 heavy (non-hydrogen) atoms. The summed E-state index contributed by atoms with van der Waals surface area (Å²) in [6.45, 7) is 0.162. The molecule has 0 aliphatic heterocycles. The van der Waals surface area contributed by atoms with Crippen molar-refractivity contribution >= 4 is 23.3 Å². The maximum Gasteiger partial charge on any atom is 0.411 e. The van der Waals surface area contributed by atoms with Gasteiger partial charge in [0, 0.05) is 18.3 Å². The second-order valence-electron chi connectivity index (χ2n) is 7.17. The molecular formula is C24H18N2O4. The molecule has 1 amide bonds. The second-order valence-corrected chi connectivity index (χ2v) is 7.17. The van der Waals surface area contributed by atoms with E-state index in [1.807, 2.05) is 36.4 Å². The van der Waals surface area contributed by atoms with E-state index in [1.165, 1.54) is 0 Å². The van der Waals surface area contributed by atoms with Crippen LogP contribution in [0.3, 0.4) is 0 Å². The van der Waals surface area contributed by atoms with Crippen LogP contribution < -0.4 is 5.32 Å². The van der Waals surface area contributed by atoms with Crippen molar-refractivity contribution in [1.29, 1.82) is 0 Å². The number of aromatic nitrogens is 1. The Kier molecular flexibility index (Phi) is 4.25. The van der Waals surface area contributed by atoms with E-state index in [0.717, 1.165) is 22.3 Å². The SMILES string of the molecule is O=C(Nc1cn2ccccc2c1C(=O)O)OCC1c2ccccc2-c2ccccc21. The van der Waals surface area contributed by atoms with Crippen molar-refractivity contribution in [1.82, 2.24) is 4.40 Å². The molecule has 0 saturated carbocycles. The van der Waals surface area contributed by atoms with Crippen molar-refractivity contribution < 1.29 is 19.4 Å². The highest BCUT2D eigenvalue weighted by molar-refractivity contribution is 6.05. The molecule has 5 rings (SSSR count). The Bertz CT molecular complexity index is 1250. The first-order chi connectivity index (χ1) is 14.6. The molecule has 0 radical (unpaired) electrons. The van der Waals surface area contributed by atoms with Crippen LogP contribution in [-0.4, -0.2) is 28.2 Å². The minimum absolute atomic E-state index is 0.0316. The fourth-order valence-corrected chi connectivity index (χ4v) is 4.19. The van der Waals surface area contributed by atoms with Crippen LogP contribution in [0.25, 0.3) is 16.6 Å². The number of fused-ring (bicyclic) bond motifs is 4. The van der Waals surface area contributed by atoms with E-state index in [2.05, 4.69) is 17.4 Å². The summed E-state index contributed by atoms with van der Waals surface area (Å²) in [6, 6.07) is 21.4. The zero-order chi connectivity index (χ0) is 20.7. The average molecular weight is 398 g/mol. The van der Waals surface area contributed by atoms with Gasteiger partial charge in [-0.05, 0) is 34.4 Å². The van der Waals surface area contributed by atoms with Crippen LogP contribution in [-0.2, 0) is 4.74 Å². The number of aromatic carboxylic acids is 1. The average Bonchev–Trinajstić information content (AvgIpc) is 3.27. The van der Waals surface area contributed by atoms with Crippen LogP contribution in [0, 0.1) is 0 Å². The molecule has 0 fully saturated rings. The molecule has 2 heterocycles. The number of hydrogen-bond donors (Lipinski definition) is 2. The molecule has 2 aromatic carbocycles. The minimum atomic E-state index is -1.11. The number of carbonyl (C=O) groups is 2. The first-order valence-electron chi connectivity index (χ1n) is 9.58. The number of carbonyl (C=O) groups excluding carboxylic acids is 1. The fraction of sp³-hybridized carbons (Fsp3) is 0.0833. The molecule has 6 nitrogen and oxygen atoms in total. The van der Waals surface area contributed by atoms with E-state index in [9.17, 15) is 14.7 Å². The summed E-state index contributed by atoms with van der Waals surface area (Å²) in [5, 5.41) is 12.2. The van der Waals surface area contributed by atoms with Gasteiger partial charge >= 0.3 is 12.1 Å². The van der Waals surface area contributed by atoms with E-state index in [-0.39, 0.29) is 23.8 Å². The lowest BCUT2D eigenvalue weighted by atomic mass is 9.98. The van der Waals surface area contributed by atoms with Gasteiger partial charge in [0.2, 0.25) is 0 Å². The minimum Gasteiger partial charge on any atom is -0.478 e.